The van der Waals surface area contributed by atoms with E-state index in [9.17, 15) is 4.79 Å². The summed E-state index contributed by atoms with van der Waals surface area (Å²) in [6.07, 6.45) is 0.846. The summed E-state index contributed by atoms with van der Waals surface area (Å²) in [7, 11) is 0. The van der Waals surface area contributed by atoms with E-state index in [1.165, 1.54) is 11.3 Å². The summed E-state index contributed by atoms with van der Waals surface area (Å²) in [6, 6.07) is 3.73. The Morgan fingerprint density at radius 2 is 2.38 bits per heavy atom. The van der Waals surface area contributed by atoms with Gasteiger partial charge in [-0.15, -0.1) is 11.3 Å². The minimum absolute atomic E-state index is 0.0189. The number of Topliss-reactive ketones (excluding diaryl/α,β-unsaturated/α-hetero) is 1. The SMILES string of the molecule is CCC(N)C(C)C(=O)c1cccs1. The van der Waals surface area contributed by atoms with Gasteiger partial charge in [-0.3, -0.25) is 4.79 Å². The number of rotatable bonds is 4. The predicted octanol–water partition coefficient (Wildman–Crippen LogP) is 2.30. The van der Waals surface area contributed by atoms with Crippen LogP contribution in [0.5, 0.6) is 0 Å². The second kappa shape index (κ2) is 4.53. The van der Waals surface area contributed by atoms with Gasteiger partial charge in [0.2, 0.25) is 0 Å². The Morgan fingerprint density at radius 3 is 2.85 bits per heavy atom. The van der Waals surface area contributed by atoms with Crippen LogP contribution in [0.15, 0.2) is 17.5 Å². The molecule has 0 bridgehead atoms. The maximum atomic E-state index is 11.7. The lowest BCUT2D eigenvalue weighted by atomic mass is 9.95. The molecule has 2 nitrogen and oxygen atoms in total. The molecule has 0 aliphatic rings. The fraction of sp³-hybridized carbons (Fsp3) is 0.500. The molecule has 0 amide bonds. The van der Waals surface area contributed by atoms with E-state index in [2.05, 4.69) is 0 Å². The second-order valence-electron chi connectivity index (χ2n) is 3.20. The van der Waals surface area contributed by atoms with Gasteiger partial charge in [0.15, 0.2) is 5.78 Å². The first kappa shape index (κ1) is 10.4. The third kappa shape index (κ3) is 2.39. The monoisotopic (exact) mass is 197 g/mol. The average molecular weight is 197 g/mol. The number of thiophene rings is 1. The maximum Gasteiger partial charge on any atom is 0.177 e. The standard InChI is InChI=1S/C10H15NOS/c1-3-8(11)7(2)10(12)9-5-4-6-13-9/h4-8H,3,11H2,1-2H3. The topological polar surface area (TPSA) is 43.1 Å². The molecule has 2 atom stereocenters. The lowest BCUT2D eigenvalue weighted by Gasteiger charge is -2.15. The number of nitrogens with two attached hydrogens (primary N) is 1. The summed E-state index contributed by atoms with van der Waals surface area (Å²) in [5.74, 6) is 0.105. The first-order valence-electron chi connectivity index (χ1n) is 4.50. The molecule has 0 aliphatic heterocycles. The van der Waals surface area contributed by atoms with Crippen LogP contribution in [-0.2, 0) is 0 Å². The van der Waals surface area contributed by atoms with Gasteiger partial charge in [0, 0.05) is 12.0 Å². The van der Waals surface area contributed by atoms with Crippen LogP contribution in [-0.4, -0.2) is 11.8 Å². The Labute approximate surface area is 82.8 Å². The van der Waals surface area contributed by atoms with Gasteiger partial charge < -0.3 is 5.73 Å². The molecule has 0 saturated carbocycles. The summed E-state index contributed by atoms with van der Waals surface area (Å²) in [5, 5.41) is 1.91. The fourth-order valence-electron chi connectivity index (χ4n) is 1.19. The molecular weight excluding hydrogens is 182 g/mol. The number of carbonyl (C=O) groups is 1. The van der Waals surface area contributed by atoms with Crippen LogP contribution in [0.2, 0.25) is 0 Å². The number of carbonyl (C=O) groups excluding carboxylic acids is 1. The van der Waals surface area contributed by atoms with Crippen LogP contribution in [0.4, 0.5) is 0 Å². The van der Waals surface area contributed by atoms with Gasteiger partial charge in [0.1, 0.15) is 0 Å². The minimum atomic E-state index is -0.0661. The molecule has 2 N–H and O–H groups in total. The summed E-state index contributed by atoms with van der Waals surface area (Å²) < 4.78 is 0. The quantitative estimate of drug-likeness (QED) is 0.753. The molecule has 0 fully saturated rings. The second-order valence-corrected chi connectivity index (χ2v) is 4.15. The van der Waals surface area contributed by atoms with Crippen molar-refractivity contribution in [2.75, 3.05) is 0 Å². The molecule has 1 rings (SSSR count). The van der Waals surface area contributed by atoms with Gasteiger partial charge in [-0.2, -0.15) is 0 Å². The fourth-order valence-corrected chi connectivity index (χ4v) is 1.95. The first-order valence-corrected chi connectivity index (χ1v) is 5.38. The third-order valence-corrected chi connectivity index (χ3v) is 3.18. The molecule has 0 spiro atoms. The van der Waals surface area contributed by atoms with Crippen LogP contribution in [0.25, 0.3) is 0 Å². The summed E-state index contributed by atoms with van der Waals surface area (Å²) in [4.78, 5) is 12.6. The van der Waals surface area contributed by atoms with E-state index in [0.29, 0.717) is 0 Å². The van der Waals surface area contributed by atoms with Gasteiger partial charge >= 0.3 is 0 Å². The molecule has 0 saturated heterocycles. The van der Waals surface area contributed by atoms with Crippen molar-refractivity contribution in [1.29, 1.82) is 0 Å². The summed E-state index contributed by atoms with van der Waals surface area (Å²) in [5.41, 5.74) is 5.81. The van der Waals surface area contributed by atoms with Gasteiger partial charge in [-0.1, -0.05) is 19.9 Å². The van der Waals surface area contributed by atoms with Gasteiger partial charge in [-0.25, -0.2) is 0 Å². The molecule has 0 radical (unpaired) electrons. The van der Waals surface area contributed by atoms with E-state index in [1.807, 2.05) is 31.4 Å². The molecule has 1 heterocycles. The van der Waals surface area contributed by atoms with Crippen molar-refractivity contribution < 1.29 is 4.79 Å². The van der Waals surface area contributed by atoms with Gasteiger partial charge in [0.05, 0.1) is 4.88 Å². The highest BCUT2D eigenvalue weighted by Crippen LogP contribution is 2.17. The Hall–Kier alpha value is -0.670. The zero-order chi connectivity index (χ0) is 9.84. The minimum Gasteiger partial charge on any atom is -0.327 e. The van der Waals surface area contributed by atoms with E-state index >= 15 is 0 Å². The average Bonchev–Trinajstić information content (AvgIpc) is 2.67. The maximum absolute atomic E-state index is 11.7. The van der Waals surface area contributed by atoms with Crippen molar-refractivity contribution in [3.63, 3.8) is 0 Å². The normalized spacial score (nSPS) is 15.3. The number of hydrogen-bond donors (Lipinski definition) is 1. The lowest BCUT2D eigenvalue weighted by Crippen LogP contribution is -2.32. The molecular formula is C10H15NOS. The smallest absolute Gasteiger partial charge is 0.177 e. The van der Waals surface area contributed by atoms with Crippen molar-refractivity contribution in [1.82, 2.24) is 0 Å². The Bertz CT molecular complexity index is 268. The Balaban J connectivity index is 2.68. The van der Waals surface area contributed by atoms with Crippen LogP contribution in [0.3, 0.4) is 0 Å². The number of hydrogen-bond acceptors (Lipinski definition) is 3. The van der Waals surface area contributed by atoms with Crippen molar-refractivity contribution in [2.45, 2.75) is 26.3 Å². The predicted molar refractivity (Wildman–Crippen MR) is 56.1 cm³/mol. The zero-order valence-corrected chi connectivity index (χ0v) is 8.80. The molecule has 3 heteroatoms. The lowest BCUT2D eigenvalue weighted by molar-refractivity contribution is 0.0916. The molecule has 0 aromatic carbocycles. The van der Waals surface area contributed by atoms with E-state index < -0.39 is 0 Å². The highest BCUT2D eigenvalue weighted by Gasteiger charge is 2.20. The Morgan fingerprint density at radius 1 is 1.69 bits per heavy atom. The van der Waals surface area contributed by atoms with Crippen LogP contribution in [0.1, 0.15) is 29.9 Å². The van der Waals surface area contributed by atoms with E-state index in [4.69, 9.17) is 5.73 Å². The molecule has 72 valence electrons. The van der Waals surface area contributed by atoms with E-state index in [1.54, 1.807) is 0 Å². The molecule has 2 unspecified atom stereocenters. The highest BCUT2D eigenvalue weighted by molar-refractivity contribution is 7.12. The van der Waals surface area contributed by atoms with Crippen molar-refractivity contribution in [3.05, 3.63) is 22.4 Å². The van der Waals surface area contributed by atoms with E-state index in [0.717, 1.165) is 11.3 Å². The molecule has 1 aromatic rings. The van der Waals surface area contributed by atoms with Crippen LogP contribution in [0, 0.1) is 5.92 Å². The van der Waals surface area contributed by atoms with Gasteiger partial charge in [-0.05, 0) is 17.9 Å². The van der Waals surface area contributed by atoms with Crippen molar-refractivity contribution >= 4 is 17.1 Å². The van der Waals surface area contributed by atoms with Crippen LogP contribution < -0.4 is 5.73 Å². The van der Waals surface area contributed by atoms with E-state index in [-0.39, 0.29) is 17.7 Å². The van der Waals surface area contributed by atoms with Gasteiger partial charge in [0.25, 0.3) is 0 Å². The molecule has 0 aliphatic carbocycles. The molecule has 1 aromatic heterocycles. The summed E-state index contributed by atoms with van der Waals surface area (Å²) >= 11 is 1.48. The van der Waals surface area contributed by atoms with Crippen molar-refractivity contribution in [3.8, 4) is 0 Å². The Kier molecular flexibility index (Phi) is 3.63. The van der Waals surface area contributed by atoms with Crippen molar-refractivity contribution in [2.24, 2.45) is 11.7 Å². The third-order valence-electron chi connectivity index (χ3n) is 2.29. The summed E-state index contributed by atoms with van der Waals surface area (Å²) in [6.45, 7) is 3.90. The zero-order valence-electron chi connectivity index (χ0n) is 7.99. The first-order chi connectivity index (χ1) is 6.16. The number of ketones is 1. The largest absolute Gasteiger partial charge is 0.327 e. The highest BCUT2D eigenvalue weighted by atomic mass is 32.1. The van der Waals surface area contributed by atoms with Crippen LogP contribution >= 0.6 is 11.3 Å². The molecule has 13 heavy (non-hydrogen) atoms.